The summed E-state index contributed by atoms with van der Waals surface area (Å²) in [5.74, 6) is 2.37. The fourth-order valence-electron chi connectivity index (χ4n) is 5.57. The van der Waals surface area contributed by atoms with Gasteiger partial charge in [-0.05, 0) is 41.4 Å². The first kappa shape index (κ1) is 21.7. The lowest BCUT2D eigenvalue weighted by Gasteiger charge is -2.43. The van der Waals surface area contributed by atoms with Crippen molar-refractivity contribution >= 4 is 34.5 Å². The highest BCUT2D eigenvalue weighted by atomic mass is 32.2. The molecule has 2 aromatic rings. The Hall–Kier alpha value is -2.09. The lowest BCUT2D eigenvalue weighted by Crippen LogP contribution is -2.58. The van der Waals surface area contributed by atoms with Crippen LogP contribution in [0.3, 0.4) is 0 Å². The first-order valence-corrected chi connectivity index (χ1v) is 12.7. The third kappa shape index (κ3) is 3.70. The molecule has 0 aromatic heterocycles. The second-order valence-electron chi connectivity index (χ2n) is 9.04. The van der Waals surface area contributed by atoms with E-state index in [1.54, 1.807) is 7.11 Å². The molecule has 6 nitrogen and oxygen atoms in total. The van der Waals surface area contributed by atoms with Gasteiger partial charge in [0.25, 0.3) is 5.91 Å². The van der Waals surface area contributed by atoms with Crippen molar-refractivity contribution in [2.24, 2.45) is 0 Å². The second-order valence-corrected chi connectivity index (χ2v) is 10.2. The largest absolute Gasteiger partial charge is 0.383 e. The van der Waals surface area contributed by atoms with Crippen LogP contribution in [0.1, 0.15) is 24.8 Å². The third-order valence-electron chi connectivity index (χ3n) is 7.40. The molecule has 3 amide bonds. The van der Waals surface area contributed by atoms with E-state index in [-0.39, 0.29) is 11.9 Å². The zero-order valence-electron chi connectivity index (χ0n) is 18.7. The summed E-state index contributed by atoms with van der Waals surface area (Å²) < 4.78 is 5.30. The molecule has 0 radical (unpaired) electrons. The zero-order chi connectivity index (χ0) is 22.1. The number of likely N-dealkylation sites (tertiary alicyclic amines) is 1. The molecule has 0 N–H and O–H groups in total. The van der Waals surface area contributed by atoms with Gasteiger partial charge in [0.1, 0.15) is 5.54 Å². The molecular formula is C25H31N3O3S. The van der Waals surface area contributed by atoms with Crippen LogP contribution in [-0.2, 0) is 16.1 Å². The molecule has 3 heterocycles. The van der Waals surface area contributed by atoms with Gasteiger partial charge in [-0.25, -0.2) is 4.79 Å². The smallest absolute Gasteiger partial charge is 0.328 e. The highest BCUT2D eigenvalue weighted by molar-refractivity contribution is 7.99. The number of hydrogen-bond acceptors (Lipinski definition) is 5. The predicted octanol–water partition coefficient (Wildman–Crippen LogP) is 3.59. The SMILES string of the molecule is COCCN1C(=O)N(Cc2cccc3ccccc23)C(=O)C12CCN(C1CCSC1)CC2. The molecule has 3 aliphatic rings. The summed E-state index contributed by atoms with van der Waals surface area (Å²) in [7, 11) is 1.64. The summed E-state index contributed by atoms with van der Waals surface area (Å²) in [6, 6.07) is 14.7. The average Bonchev–Trinajstić information content (AvgIpc) is 3.42. The topological polar surface area (TPSA) is 53.1 Å². The number of methoxy groups -OCH3 is 1. The molecule has 7 heteroatoms. The van der Waals surface area contributed by atoms with Crippen LogP contribution in [0.4, 0.5) is 4.79 Å². The molecule has 3 saturated heterocycles. The summed E-state index contributed by atoms with van der Waals surface area (Å²) in [6.07, 6.45) is 2.63. The molecular weight excluding hydrogens is 422 g/mol. The van der Waals surface area contributed by atoms with Gasteiger partial charge in [-0.1, -0.05) is 42.5 Å². The number of carbonyl (C=O) groups is 2. The Morgan fingerprint density at radius 1 is 1.09 bits per heavy atom. The first-order chi connectivity index (χ1) is 15.6. The lowest BCUT2D eigenvalue weighted by molar-refractivity contribution is -0.136. The number of rotatable bonds is 6. The van der Waals surface area contributed by atoms with E-state index in [0.29, 0.717) is 38.6 Å². The molecule has 3 aliphatic heterocycles. The Morgan fingerprint density at radius 2 is 1.88 bits per heavy atom. The minimum Gasteiger partial charge on any atom is -0.383 e. The van der Waals surface area contributed by atoms with Crippen LogP contribution in [0.25, 0.3) is 10.8 Å². The number of piperidine rings is 1. The standard InChI is InChI=1S/C25H31N3O3S/c1-31-15-14-28-24(30)27(17-20-7-4-6-19-5-2-3-8-22(19)20)23(29)25(28)10-12-26(13-11-25)21-9-16-32-18-21/h2-8,21H,9-18H2,1H3. The van der Waals surface area contributed by atoms with Crippen molar-refractivity contribution < 1.29 is 14.3 Å². The monoisotopic (exact) mass is 453 g/mol. The summed E-state index contributed by atoms with van der Waals surface area (Å²) >= 11 is 2.02. The van der Waals surface area contributed by atoms with E-state index < -0.39 is 5.54 Å². The molecule has 0 saturated carbocycles. The molecule has 170 valence electrons. The average molecular weight is 454 g/mol. The molecule has 3 fully saturated rings. The maximum absolute atomic E-state index is 13.8. The van der Waals surface area contributed by atoms with E-state index in [2.05, 4.69) is 23.1 Å². The van der Waals surface area contributed by atoms with Crippen LogP contribution in [0.15, 0.2) is 42.5 Å². The van der Waals surface area contributed by atoms with Gasteiger partial charge < -0.3 is 9.64 Å². The fraction of sp³-hybridized carbons (Fsp3) is 0.520. The molecule has 32 heavy (non-hydrogen) atoms. The Morgan fingerprint density at radius 3 is 2.62 bits per heavy atom. The molecule has 1 unspecified atom stereocenters. The minimum absolute atomic E-state index is 0.0352. The van der Waals surface area contributed by atoms with Gasteiger partial charge in [0.05, 0.1) is 13.2 Å². The Kier molecular flexibility index (Phi) is 6.14. The summed E-state index contributed by atoms with van der Waals surface area (Å²) in [4.78, 5) is 33.2. The van der Waals surface area contributed by atoms with Crippen LogP contribution in [0.2, 0.25) is 0 Å². The maximum Gasteiger partial charge on any atom is 0.328 e. The summed E-state index contributed by atoms with van der Waals surface area (Å²) in [5.41, 5.74) is 0.275. The predicted molar refractivity (Wildman–Crippen MR) is 128 cm³/mol. The molecule has 2 aromatic carbocycles. The van der Waals surface area contributed by atoms with Crippen molar-refractivity contribution in [3.05, 3.63) is 48.0 Å². The molecule has 0 bridgehead atoms. The number of thioether (sulfide) groups is 1. The third-order valence-corrected chi connectivity index (χ3v) is 8.54. The van der Waals surface area contributed by atoms with E-state index >= 15 is 0 Å². The normalized spacial score (nSPS) is 23.7. The fourth-order valence-corrected chi connectivity index (χ4v) is 6.82. The number of ether oxygens (including phenoxy) is 1. The number of fused-ring (bicyclic) bond motifs is 1. The zero-order valence-corrected chi connectivity index (χ0v) is 19.5. The van der Waals surface area contributed by atoms with Gasteiger partial charge in [0.2, 0.25) is 0 Å². The van der Waals surface area contributed by atoms with E-state index in [1.165, 1.54) is 22.8 Å². The first-order valence-electron chi connectivity index (χ1n) is 11.5. The number of imide groups is 1. The minimum atomic E-state index is -0.734. The van der Waals surface area contributed by atoms with Crippen LogP contribution in [0, 0.1) is 0 Å². The highest BCUT2D eigenvalue weighted by Crippen LogP contribution is 2.39. The number of benzene rings is 2. The van der Waals surface area contributed by atoms with Crippen molar-refractivity contribution in [1.29, 1.82) is 0 Å². The van der Waals surface area contributed by atoms with Crippen molar-refractivity contribution in [3.63, 3.8) is 0 Å². The van der Waals surface area contributed by atoms with Crippen molar-refractivity contribution in [2.45, 2.75) is 37.4 Å². The number of urea groups is 1. The van der Waals surface area contributed by atoms with Crippen molar-refractivity contribution in [1.82, 2.24) is 14.7 Å². The van der Waals surface area contributed by atoms with Gasteiger partial charge in [-0.3, -0.25) is 14.6 Å². The van der Waals surface area contributed by atoms with Crippen LogP contribution in [-0.4, -0.2) is 83.1 Å². The van der Waals surface area contributed by atoms with Crippen LogP contribution in [0.5, 0.6) is 0 Å². The van der Waals surface area contributed by atoms with E-state index in [1.807, 2.05) is 40.9 Å². The van der Waals surface area contributed by atoms with Gasteiger partial charge >= 0.3 is 6.03 Å². The Balaban J connectivity index is 1.41. The van der Waals surface area contributed by atoms with Gasteiger partial charge in [-0.2, -0.15) is 11.8 Å². The second kappa shape index (κ2) is 9.04. The van der Waals surface area contributed by atoms with E-state index in [0.717, 1.165) is 29.4 Å². The number of nitrogens with zero attached hydrogens (tertiary/aromatic N) is 3. The Bertz CT molecular complexity index is 994. The van der Waals surface area contributed by atoms with Crippen molar-refractivity contribution in [2.75, 3.05) is 44.9 Å². The van der Waals surface area contributed by atoms with Crippen LogP contribution < -0.4 is 0 Å². The number of hydrogen-bond donors (Lipinski definition) is 0. The van der Waals surface area contributed by atoms with Gasteiger partial charge in [0, 0.05) is 38.5 Å². The lowest BCUT2D eigenvalue weighted by atomic mass is 9.85. The quantitative estimate of drug-likeness (QED) is 0.626. The Labute approximate surface area is 193 Å². The van der Waals surface area contributed by atoms with E-state index in [9.17, 15) is 9.59 Å². The van der Waals surface area contributed by atoms with Gasteiger partial charge in [0.15, 0.2) is 0 Å². The summed E-state index contributed by atoms with van der Waals surface area (Å²) in [5, 5.41) is 2.21. The summed E-state index contributed by atoms with van der Waals surface area (Å²) in [6.45, 7) is 2.94. The maximum atomic E-state index is 13.8. The molecule has 5 rings (SSSR count). The highest BCUT2D eigenvalue weighted by Gasteiger charge is 2.58. The number of amides is 3. The van der Waals surface area contributed by atoms with E-state index in [4.69, 9.17) is 4.74 Å². The molecule has 0 aliphatic carbocycles. The van der Waals surface area contributed by atoms with Crippen LogP contribution >= 0.6 is 11.8 Å². The molecule has 1 atom stereocenters. The molecule has 1 spiro atoms. The van der Waals surface area contributed by atoms with Gasteiger partial charge in [-0.15, -0.1) is 0 Å². The number of carbonyl (C=O) groups excluding carboxylic acids is 2. The van der Waals surface area contributed by atoms with Crippen molar-refractivity contribution in [3.8, 4) is 0 Å².